The number of carbonyl (C=O) groups is 1. The minimum Gasteiger partial charge on any atom is -0.294 e. The molecule has 1 heteroatoms. The van der Waals surface area contributed by atoms with Gasteiger partial charge < -0.3 is 0 Å². The van der Waals surface area contributed by atoms with Crippen LogP contribution >= 0.6 is 0 Å². The van der Waals surface area contributed by atoms with Crippen LogP contribution in [-0.4, -0.2) is 5.78 Å². The molecule has 1 fully saturated rings. The molecule has 66 valence electrons. The third-order valence-electron chi connectivity index (χ3n) is 2.54. The first kappa shape index (κ1) is 8.24. The van der Waals surface area contributed by atoms with E-state index in [-0.39, 0.29) is 11.7 Å². The van der Waals surface area contributed by atoms with Crippen LogP contribution in [0.2, 0.25) is 0 Å². The van der Waals surface area contributed by atoms with Crippen LogP contribution in [0.3, 0.4) is 0 Å². The van der Waals surface area contributed by atoms with E-state index in [1.165, 1.54) is 0 Å². The highest BCUT2D eigenvalue weighted by atomic mass is 16.1. The second-order valence-corrected chi connectivity index (χ2v) is 3.47. The summed E-state index contributed by atoms with van der Waals surface area (Å²) in [6, 6.07) is 9.48. The Labute approximate surface area is 78.1 Å². The monoisotopic (exact) mass is 172 g/mol. The molecular weight excluding hydrogens is 160 g/mol. The summed E-state index contributed by atoms with van der Waals surface area (Å²) in [5.74, 6) is 0.901. The lowest BCUT2D eigenvalue weighted by molar-refractivity contribution is 0.0964. The minimum atomic E-state index is 0.208. The lowest BCUT2D eigenvalue weighted by Gasteiger charge is -1.97. The molecule has 1 nitrogen and oxygen atoms in total. The summed E-state index contributed by atoms with van der Waals surface area (Å²) >= 11 is 0. The second kappa shape index (κ2) is 3.17. The average Bonchev–Trinajstić information content (AvgIpc) is 2.97. The number of carbonyl (C=O) groups excluding carboxylic acids is 1. The maximum Gasteiger partial charge on any atom is 0.166 e. The molecule has 0 heterocycles. The van der Waals surface area contributed by atoms with E-state index in [0.717, 1.165) is 12.0 Å². The van der Waals surface area contributed by atoms with Crippen molar-refractivity contribution in [2.45, 2.75) is 6.42 Å². The van der Waals surface area contributed by atoms with Gasteiger partial charge in [-0.25, -0.2) is 0 Å². The van der Waals surface area contributed by atoms with Crippen LogP contribution in [0.25, 0.3) is 0 Å². The number of Topliss-reactive ketones (excluding diaryl/α,β-unsaturated/α-hetero) is 1. The van der Waals surface area contributed by atoms with Gasteiger partial charge in [0.2, 0.25) is 0 Å². The normalized spacial score (nSPS) is 25.2. The zero-order valence-electron chi connectivity index (χ0n) is 7.44. The van der Waals surface area contributed by atoms with Crippen LogP contribution in [-0.2, 0) is 0 Å². The van der Waals surface area contributed by atoms with Gasteiger partial charge in [-0.2, -0.15) is 0 Å². The molecule has 0 aromatic heterocycles. The zero-order valence-corrected chi connectivity index (χ0v) is 7.44. The summed E-state index contributed by atoms with van der Waals surface area (Å²) in [4.78, 5) is 11.7. The molecule has 1 aromatic rings. The quantitative estimate of drug-likeness (QED) is 0.506. The number of hydrogen-bond donors (Lipinski definition) is 0. The Morgan fingerprint density at radius 3 is 2.62 bits per heavy atom. The molecule has 0 N–H and O–H groups in total. The van der Waals surface area contributed by atoms with E-state index in [4.69, 9.17) is 0 Å². The second-order valence-electron chi connectivity index (χ2n) is 3.47. The van der Waals surface area contributed by atoms with Gasteiger partial charge in [0.25, 0.3) is 0 Å². The van der Waals surface area contributed by atoms with Gasteiger partial charge in [0.05, 0.1) is 0 Å². The maximum absolute atomic E-state index is 11.7. The third kappa shape index (κ3) is 1.55. The summed E-state index contributed by atoms with van der Waals surface area (Å²) in [7, 11) is 0. The van der Waals surface area contributed by atoms with Gasteiger partial charge in [0.15, 0.2) is 5.78 Å². The molecule has 0 aliphatic heterocycles. The molecule has 0 spiro atoms. The fourth-order valence-electron chi connectivity index (χ4n) is 1.59. The molecule has 0 radical (unpaired) electrons. The summed E-state index contributed by atoms with van der Waals surface area (Å²) in [5.41, 5.74) is 0.830. The molecule has 13 heavy (non-hydrogen) atoms. The molecule has 1 aromatic carbocycles. The smallest absolute Gasteiger partial charge is 0.166 e. The minimum absolute atomic E-state index is 0.208. The van der Waals surface area contributed by atoms with Gasteiger partial charge in [-0.05, 0) is 12.3 Å². The van der Waals surface area contributed by atoms with E-state index in [0.29, 0.717) is 5.92 Å². The van der Waals surface area contributed by atoms with Gasteiger partial charge in [-0.3, -0.25) is 4.79 Å². The predicted molar refractivity (Wildman–Crippen MR) is 52.6 cm³/mol. The fourth-order valence-corrected chi connectivity index (χ4v) is 1.59. The molecule has 1 aliphatic carbocycles. The van der Waals surface area contributed by atoms with Crippen LogP contribution in [0.15, 0.2) is 43.0 Å². The van der Waals surface area contributed by atoms with E-state index >= 15 is 0 Å². The molecule has 0 unspecified atom stereocenters. The Hall–Kier alpha value is -1.37. The first-order valence-corrected chi connectivity index (χ1v) is 4.54. The average molecular weight is 172 g/mol. The Bertz CT molecular complexity index is 326. The molecule has 0 bridgehead atoms. The van der Waals surface area contributed by atoms with Gasteiger partial charge in [0, 0.05) is 11.5 Å². The van der Waals surface area contributed by atoms with Crippen LogP contribution in [0.5, 0.6) is 0 Å². The largest absolute Gasteiger partial charge is 0.294 e. The van der Waals surface area contributed by atoms with Crippen molar-refractivity contribution in [3.8, 4) is 0 Å². The fraction of sp³-hybridized carbons (Fsp3) is 0.250. The Kier molecular flexibility index (Phi) is 2.01. The Balaban J connectivity index is 2.11. The molecular formula is C12H12O. The number of ketones is 1. The molecule has 2 rings (SSSR count). The molecule has 1 aliphatic rings. The van der Waals surface area contributed by atoms with E-state index in [1.807, 2.05) is 36.4 Å². The van der Waals surface area contributed by atoms with E-state index in [2.05, 4.69) is 6.58 Å². The van der Waals surface area contributed by atoms with Crippen molar-refractivity contribution in [3.63, 3.8) is 0 Å². The van der Waals surface area contributed by atoms with Gasteiger partial charge in [-0.15, -0.1) is 6.58 Å². The summed E-state index contributed by atoms with van der Waals surface area (Å²) in [5, 5.41) is 0. The SMILES string of the molecule is C=C[C@H]1C[C@H]1C(=O)c1ccccc1. The highest BCUT2D eigenvalue weighted by Gasteiger charge is 2.40. The van der Waals surface area contributed by atoms with Crippen molar-refractivity contribution in [2.24, 2.45) is 11.8 Å². The number of hydrogen-bond acceptors (Lipinski definition) is 1. The van der Waals surface area contributed by atoms with Crippen LogP contribution in [0.4, 0.5) is 0 Å². The Morgan fingerprint density at radius 1 is 1.38 bits per heavy atom. The summed E-state index contributed by atoms with van der Waals surface area (Å²) < 4.78 is 0. The highest BCUT2D eigenvalue weighted by molar-refractivity contribution is 5.99. The van der Waals surface area contributed by atoms with Crippen molar-refractivity contribution >= 4 is 5.78 Å². The maximum atomic E-state index is 11.7. The summed E-state index contributed by atoms with van der Waals surface area (Å²) in [6.45, 7) is 3.70. The van der Waals surface area contributed by atoms with Crippen LogP contribution in [0, 0.1) is 11.8 Å². The van der Waals surface area contributed by atoms with Crippen molar-refractivity contribution in [3.05, 3.63) is 48.6 Å². The molecule has 0 amide bonds. The van der Waals surface area contributed by atoms with Crippen molar-refractivity contribution in [1.82, 2.24) is 0 Å². The predicted octanol–water partition coefficient (Wildman–Crippen LogP) is 2.69. The lowest BCUT2D eigenvalue weighted by Crippen LogP contribution is -2.02. The molecule has 1 saturated carbocycles. The van der Waals surface area contributed by atoms with Crippen LogP contribution < -0.4 is 0 Å². The molecule has 0 saturated heterocycles. The van der Waals surface area contributed by atoms with Crippen molar-refractivity contribution < 1.29 is 4.79 Å². The topological polar surface area (TPSA) is 17.1 Å². The van der Waals surface area contributed by atoms with Gasteiger partial charge in [0.1, 0.15) is 0 Å². The lowest BCUT2D eigenvalue weighted by atomic mass is 10.1. The zero-order chi connectivity index (χ0) is 9.26. The van der Waals surface area contributed by atoms with E-state index in [1.54, 1.807) is 0 Å². The Morgan fingerprint density at radius 2 is 2.08 bits per heavy atom. The first-order chi connectivity index (χ1) is 6.33. The van der Waals surface area contributed by atoms with Crippen LogP contribution in [0.1, 0.15) is 16.8 Å². The van der Waals surface area contributed by atoms with Crippen molar-refractivity contribution in [2.75, 3.05) is 0 Å². The van der Waals surface area contributed by atoms with Crippen molar-refractivity contribution in [1.29, 1.82) is 0 Å². The highest BCUT2D eigenvalue weighted by Crippen LogP contribution is 2.41. The summed E-state index contributed by atoms with van der Waals surface area (Å²) in [6.07, 6.45) is 2.86. The first-order valence-electron chi connectivity index (χ1n) is 4.54. The number of allylic oxidation sites excluding steroid dienone is 1. The standard InChI is InChI=1S/C12H12O/c1-2-9-8-11(9)12(13)10-6-4-3-5-7-10/h2-7,9,11H,1,8H2/t9-,11+/m0/s1. The van der Waals surface area contributed by atoms with Gasteiger partial charge >= 0.3 is 0 Å². The van der Waals surface area contributed by atoms with E-state index in [9.17, 15) is 4.79 Å². The number of benzene rings is 1. The molecule has 2 atom stereocenters. The third-order valence-corrected chi connectivity index (χ3v) is 2.54. The van der Waals surface area contributed by atoms with E-state index < -0.39 is 0 Å². The van der Waals surface area contributed by atoms with Gasteiger partial charge in [-0.1, -0.05) is 36.4 Å². The number of rotatable bonds is 3.